The fourth-order valence-corrected chi connectivity index (χ4v) is 14.7. The summed E-state index contributed by atoms with van der Waals surface area (Å²) >= 11 is -0.827. The predicted molar refractivity (Wildman–Crippen MR) is 322 cm³/mol. The Morgan fingerprint density at radius 3 is 0.963 bits per heavy atom. The Hall–Kier alpha value is -5.18. The first kappa shape index (κ1) is 74.8. The van der Waals surface area contributed by atoms with Crippen LogP contribution < -0.4 is 5.26 Å². The molecule has 452 valence electrons. The van der Waals surface area contributed by atoms with Crippen molar-refractivity contribution >= 4 is 55.9 Å². The first-order chi connectivity index (χ1) is 39.5. The summed E-state index contributed by atoms with van der Waals surface area (Å²) in [6.45, 7) is 23.0. The van der Waals surface area contributed by atoms with Crippen LogP contribution in [0, 0.1) is 22.7 Å². The molecule has 0 aromatic heterocycles. The minimum atomic E-state index is -6.26. The van der Waals surface area contributed by atoms with Crippen LogP contribution in [0.2, 0.25) is 0 Å². The van der Waals surface area contributed by atoms with Gasteiger partial charge >= 0.3 is 22.4 Å². The molecule has 0 heterocycles. The summed E-state index contributed by atoms with van der Waals surface area (Å²) in [6.07, 6.45) is 2.91. The fraction of sp³-hybridized carbons (Fsp3) is 0.406. The molecule has 0 N–H and O–H groups in total. The molecule has 6 aromatic rings. The van der Waals surface area contributed by atoms with E-state index in [2.05, 4.69) is 196 Å². The Morgan fingerprint density at radius 1 is 0.488 bits per heavy atom. The number of hydrogen-bond donors (Lipinski definition) is 0. The van der Waals surface area contributed by atoms with E-state index in [0.717, 1.165) is 6.42 Å². The van der Waals surface area contributed by atoms with E-state index in [0.29, 0.717) is 25.7 Å². The van der Waals surface area contributed by atoms with E-state index in [1.807, 2.05) is 83.1 Å². The normalized spacial score (nSPS) is 17.9. The van der Waals surface area contributed by atoms with Crippen molar-refractivity contribution in [2.45, 2.75) is 161 Å². The van der Waals surface area contributed by atoms with Crippen LogP contribution in [0.4, 0.5) is 17.6 Å². The topological polar surface area (TPSA) is 151 Å². The van der Waals surface area contributed by atoms with Gasteiger partial charge in [-0.2, -0.15) is 21.9 Å². The van der Waals surface area contributed by atoms with Gasteiger partial charge in [-0.1, -0.05) is 192 Å². The van der Waals surface area contributed by atoms with E-state index >= 15 is 0 Å². The number of rotatable bonds is 16. The van der Waals surface area contributed by atoms with Gasteiger partial charge < -0.3 is 19.3 Å². The van der Waals surface area contributed by atoms with Gasteiger partial charge in [0.2, 0.25) is 0 Å². The molecule has 2 atom stereocenters. The van der Waals surface area contributed by atoms with Crippen LogP contribution in [-0.4, -0.2) is 48.6 Å². The van der Waals surface area contributed by atoms with Gasteiger partial charge in [0.1, 0.15) is 12.0 Å². The number of ether oxygens (including phenoxy) is 2. The second kappa shape index (κ2) is 39.4. The molecule has 0 spiro atoms. The van der Waals surface area contributed by atoms with Crippen molar-refractivity contribution in [2.75, 3.05) is 13.2 Å². The summed E-state index contributed by atoms with van der Waals surface area (Å²) in [6, 6.07) is 64.3. The lowest BCUT2D eigenvalue weighted by molar-refractivity contribution is -0.777. The molecule has 0 saturated heterocycles. The smallest absolute Gasteiger partial charge is 0.428 e. The third-order valence-electron chi connectivity index (χ3n) is 12.2. The van der Waals surface area contributed by atoms with Crippen LogP contribution in [-0.2, 0) is 60.3 Å². The fourth-order valence-electron chi connectivity index (χ4n) is 9.94. The van der Waals surface area contributed by atoms with Crippen molar-refractivity contribution in [2.24, 2.45) is 22.7 Å². The van der Waals surface area contributed by atoms with Gasteiger partial charge in [0.15, 0.2) is 39.5 Å². The minimum Gasteiger partial charge on any atom is -0.743 e. The third-order valence-corrected chi connectivity index (χ3v) is 17.9. The van der Waals surface area contributed by atoms with E-state index < -0.39 is 68.7 Å². The molecule has 4 saturated carbocycles. The number of alkyl halides is 4. The third kappa shape index (κ3) is 22.4. The van der Waals surface area contributed by atoms with Crippen LogP contribution in [0.3, 0.4) is 0 Å². The maximum Gasteiger partial charge on any atom is 0.428 e. The van der Waals surface area contributed by atoms with Crippen molar-refractivity contribution in [1.82, 2.24) is 0 Å². The average Bonchev–Trinajstić information content (AvgIpc) is 3.58. The van der Waals surface area contributed by atoms with Gasteiger partial charge in [-0.05, 0) is 123 Å². The number of hydrogen-bond acceptors (Lipinski definition) is 11. The molecule has 4 fully saturated rings. The Morgan fingerprint density at radius 2 is 0.732 bits per heavy atom. The number of carbonyl (C=O) groups excluding carboxylic acids is 2. The average molecular weight is 1220 g/mol. The molecule has 4 aliphatic carbocycles. The molecule has 10 nitrogen and oxygen atoms in total. The molecule has 0 amide bonds. The van der Waals surface area contributed by atoms with Gasteiger partial charge in [-0.15, -0.1) is 0 Å². The number of esters is 2. The summed E-state index contributed by atoms with van der Waals surface area (Å²) in [4.78, 5) is 31.4. The second-order valence-corrected chi connectivity index (χ2v) is 23.6. The summed E-state index contributed by atoms with van der Waals surface area (Å²) in [7, 11) is -6.29. The maximum absolute atomic E-state index is 13.6. The predicted octanol–water partition coefficient (Wildman–Crippen LogP) is 17.0. The monoisotopic (exact) mass is 1220 g/mol. The molecule has 82 heavy (non-hydrogen) atoms. The highest BCUT2D eigenvalue weighted by molar-refractivity contribution is 7.97. The highest BCUT2D eigenvalue weighted by Gasteiger charge is 2.60. The van der Waals surface area contributed by atoms with E-state index in [4.69, 9.17) is 4.74 Å². The number of benzene rings is 6. The zero-order valence-corrected chi connectivity index (χ0v) is 52.6. The minimum absolute atomic E-state index is 0.0146. The molecule has 6 aromatic carbocycles. The highest BCUT2D eigenvalue weighted by atomic mass is 32.2. The molecular weight excluding hydrogens is 1130 g/mol. The molecule has 4 aliphatic rings. The van der Waals surface area contributed by atoms with Crippen LogP contribution in [0.1, 0.15) is 122 Å². The van der Waals surface area contributed by atoms with Crippen LogP contribution in [0.25, 0.3) is 0 Å². The maximum atomic E-state index is 13.6. The Bertz CT molecular complexity index is 2400. The Balaban J connectivity index is 0.000000583. The van der Waals surface area contributed by atoms with Gasteiger partial charge in [0, 0.05) is 10.8 Å². The van der Waals surface area contributed by atoms with Crippen LogP contribution >= 0.6 is 12.0 Å². The zero-order chi connectivity index (χ0) is 61.8. The van der Waals surface area contributed by atoms with Crippen molar-refractivity contribution in [3.8, 4) is 0 Å². The summed E-state index contributed by atoms with van der Waals surface area (Å²) < 4.78 is 98.6. The van der Waals surface area contributed by atoms with E-state index in [1.165, 1.54) is 29.4 Å². The quantitative estimate of drug-likeness (QED) is 0.0173. The molecule has 18 heteroatoms. The zero-order valence-electron chi connectivity index (χ0n) is 49.4. The molecule has 4 bridgehead atoms. The van der Waals surface area contributed by atoms with Crippen molar-refractivity contribution < 1.29 is 64.2 Å². The summed E-state index contributed by atoms with van der Waals surface area (Å²) in [5.41, 5.74) is -1.61. The number of halogens is 4. The lowest BCUT2D eigenvalue weighted by atomic mass is 9.44. The van der Waals surface area contributed by atoms with Crippen LogP contribution in [0.15, 0.2) is 211 Å². The molecule has 0 radical (unpaired) electrons. The van der Waals surface area contributed by atoms with Gasteiger partial charge in [0.25, 0.3) is 0 Å². The van der Waals surface area contributed by atoms with Crippen molar-refractivity contribution in [3.63, 3.8) is 0 Å². The van der Waals surface area contributed by atoms with Gasteiger partial charge in [0.05, 0.1) is 35.0 Å². The van der Waals surface area contributed by atoms with Gasteiger partial charge in [-0.25, -0.2) is 18.0 Å². The Labute approximate surface area is 496 Å². The molecular formula is C64H84F4O10S4. The Kier molecular flexibility index (Phi) is 35.9. The number of carbonyl (C=O) groups is 2. The van der Waals surface area contributed by atoms with E-state index in [1.54, 1.807) is 0 Å². The van der Waals surface area contributed by atoms with Crippen molar-refractivity contribution in [1.29, 1.82) is 0 Å². The largest absolute Gasteiger partial charge is 0.743 e. The molecule has 0 aliphatic heterocycles. The van der Waals surface area contributed by atoms with E-state index in [-0.39, 0.29) is 40.0 Å². The van der Waals surface area contributed by atoms with Gasteiger partial charge in [-0.3, -0.25) is 5.04 Å². The first-order valence-corrected chi connectivity index (χ1v) is 32.6. The SMILES string of the molecule is CC.CC.CC.CC.CC.CC.O=C(OCC12CC3CC(C1)CC(COC(=O)C(F)(F)S(=O)(=O)[O-])(C3)C2)C(F)(F)SOO[O-].c1ccc([S+](c2ccccc2)c2ccccc2)cc1.c1ccc([S+](c2ccccc2)c2ccccc2)cc1. The standard InChI is InChI=1S/2C18H15S.C16H20F4O10S2.6C2H6/c2*1-4-10-16(11-5-1)19(17-12-6-2-7-13-17)18-14-8-3-9-15-18;17-15(18,31-30-29-23)11(21)27-7-13-2-9-1-10(3-13)5-14(4-9,6-13)8-28-12(22)16(19,20)32(24,25)26;6*1-2/h2*1-15H;9-10,23H,1-8H2,(H,24,25,26);6*1-2H3/q2*+1;;;;;;;/p-2. The van der Waals surface area contributed by atoms with E-state index in [9.17, 15) is 45.4 Å². The lowest BCUT2D eigenvalue weighted by Crippen LogP contribution is -2.56. The molecule has 10 rings (SSSR count). The summed E-state index contributed by atoms with van der Waals surface area (Å²) in [5, 5.41) is 3.02. The van der Waals surface area contributed by atoms with Crippen LogP contribution in [0.5, 0.6) is 0 Å². The second-order valence-electron chi connectivity index (χ2n) is 17.3. The lowest BCUT2D eigenvalue weighted by Gasteiger charge is -2.61. The first-order valence-electron chi connectivity index (χ1n) is 28.0. The molecule has 2 unspecified atom stereocenters. The van der Waals surface area contributed by atoms with Crippen molar-refractivity contribution in [3.05, 3.63) is 182 Å². The highest BCUT2D eigenvalue weighted by Crippen LogP contribution is 2.65. The summed E-state index contributed by atoms with van der Waals surface area (Å²) in [5.74, 6) is -4.37.